The van der Waals surface area contributed by atoms with Crippen molar-refractivity contribution in [1.82, 2.24) is 0 Å². The first-order valence-corrected chi connectivity index (χ1v) is 14.5. The molecule has 1 aromatic carbocycles. The van der Waals surface area contributed by atoms with E-state index in [-0.39, 0.29) is 35.5 Å². The van der Waals surface area contributed by atoms with Crippen LogP contribution >= 0.6 is 0 Å². The van der Waals surface area contributed by atoms with Crippen LogP contribution in [-0.2, 0) is 20.7 Å². The number of ketones is 2. The molecule has 0 radical (unpaired) electrons. The summed E-state index contributed by atoms with van der Waals surface area (Å²) in [5.41, 5.74) is -3.09. The second-order valence-electron chi connectivity index (χ2n) is 13.7. The summed E-state index contributed by atoms with van der Waals surface area (Å²) >= 11 is 0. The lowest BCUT2D eigenvalue weighted by Gasteiger charge is -2.62. The molecule has 4 fully saturated rings. The number of aromatic hydroxyl groups is 1. The highest BCUT2D eigenvalue weighted by Crippen LogP contribution is 2.70. The molecule has 9 nitrogen and oxygen atoms in total. The molecule has 6 aliphatic rings. The highest BCUT2D eigenvalue weighted by molar-refractivity contribution is 6.10. The molecule has 9 heteroatoms. The number of benzene rings is 1. The van der Waals surface area contributed by atoms with Crippen molar-refractivity contribution >= 4 is 23.6 Å². The Morgan fingerprint density at radius 3 is 2.40 bits per heavy atom. The molecule has 0 aromatic heterocycles. The Morgan fingerprint density at radius 1 is 1.07 bits per heavy atom. The molecule has 3 aliphatic heterocycles. The monoisotopic (exact) mass is 578 g/mol. The SMILES string of the molecule is CC(C)=CCc1c2c(c(O)c3c1O[C@]14C(C3=O)C(O)[C@@H]3CC1C(C)(C)O[C@@]4(C/C=C(/C)C(=O)O)C3=O)C=CC(C)(C)O2. The Labute approximate surface area is 244 Å². The number of carboxylic acids is 1. The van der Waals surface area contributed by atoms with Crippen LogP contribution in [0.2, 0.25) is 0 Å². The smallest absolute Gasteiger partial charge is 0.330 e. The number of phenolic OH excluding ortho intramolecular Hbond substituents is 1. The number of hydrogen-bond donors (Lipinski definition) is 3. The van der Waals surface area contributed by atoms with Gasteiger partial charge >= 0.3 is 5.97 Å². The Morgan fingerprint density at radius 2 is 1.76 bits per heavy atom. The van der Waals surface area contributed by atoms with Crippen molar-refractivity contribution in [3.63, 3.8) is 0 Å². The molecule has 3 saturated carbocycles. The summed E-state index contributed by atoms with van der Waals surface area (Å²) in [6.07, 6.45) is 6.03. The Kier molecular flexibility index (Phi) is 6.01. The summed E-state index contributed by atoms with van der Waals surface area (Å²) < 4.78 is 20.0. The maximum atomic E-state index is 14.6. The van der Waals surface area contributed by atoms with Gasteiger partial charge in [-0.25, -0.2) is 4.79 Å². The second kappa shape index (κ2) is 8.80. The normalized spacial score (nSPS) is 34.6. The Bertz CT molecular complexity index is 1540. The van der Waals surface area contributed by atoms with Crippen LogP contribution in [0.1, 0.15) is 82.8 Å². The van der Waals surface area contributed by atoms with Gasteiger partial charge in [0.1, 0.15) is 28.4 Å². The first kappa shape index (κ1) is 28.7. The number of carboxylic acid groups (broad SMARTS) is 1. The van der Waals surface area contributed by atoms with Crippen molar-refractivity contribution < 1.29 is 43.9 Å². The molecule has 1 spiro atoms. The van der Waals surface area contributed by atoms with Crippen molar-refractivity contribution in [2.24, 2.45) is 17.8 Å². The number of phenols is 1. The number of carbonyl (C=O) groups is 3. The minimum atomic E-state index is -1.72. The van der Waals surface area contributed by atoms with Gasteiger partial charge in [-0.15, -0.1) is 0 Å². The zero-order chi connectivity index (χ0) is 30.7. The number of fused-ring (bicyclic) bond motifs is 2. The summed E-state index contributed by atoms with van der Waals surface area (Å²) in [7, 11) is 0. The molecule has 42 heavy (non-hydrogen) atoms. The number of aliphatic carboxylic acids is 1. The summed E-state index contributed by atoms with van der Waals surface area (Å²) in [6.45, 7) is 12.8. The van der Waals surface area contributed by atoms with E-state index in [0.717, 1.165) is 5.57 Å². The molecule has 3 aliphatic carbocycles. The highest BCUT2D eigenvalue weighted by Gasteiger charge is 2.85. The number of aliphatic hydroxyl groups is 1. The third-order valence-electron chi connectivity index (χ3n) is 9.94. The molecule has 0 amide bonds. The highest BCUT2D eigenvalue weighted by atomic mass is 16.6. The summed E-state index contributed by atoms with van der Waals surface area (Å²) in [6, 6.07) is 0. The fourth-order valence-corrected chi connectivity index (χ4v) is 8.04. The molecule has 1 saturated heterocycles. The van der Waals surface area contributed by atoms with Crippen LogP contribution in [0.25, 0.3) is 6.08 Å². The quantitative estimate of drug-likeness (QED) is 0.339. The third-order valence-corrected chi connectivity index (χ3v) is 9.94. The average Bonchev–Trinajstić information content (AvgIpc) is 3.02. The van der Waals surface area contributed by atoms with Crippen molar-refractivity contribution in [2.75, 3.05) is 0 Å². The zero-order valence-corrected chi connectivity index (χ0v) is 25.0. The predicted octanol–water partition coefficient (Wildman–Crippen LogP) is 4.56. The molecule has 3 heterocycles. The van der Waals surface area contributed by atoms with Gasteiger partial charge in [0, 0.05) is 29.4 Å². The van der Waals surface area contributed by atoms with Crippen LogP contribution in [0, 0.1) is 17.8 Å². The minimum Gasteiger partial charge on any atom is -0.506 e. The first-order chi connectivity index (χ1) is 19.5. The van der Waals surface area contributed by atoms with Gasteiger partial charge in [-0.1, -0.05) is 17.7 Å². The lowest BCUT2D eigenvalue weighted by Crippen LogP contribution is -2.80. The van der Waals surface area contributed by atoms with Crippen LogP contribution in [0.4, 0.5) is 0 Å². The van der Waals surface area contributed by atoms with Gasteiger partial charge in [0.05, 0.1) is 23.2 Å². The molecular formula is C33H38O9. The number of rotatable bonds is 5. The molecule has 3 N–H and O–H groups in total. The maximum Gasteiger partial charge on any atom is 0.330 e. The van der Waals surface area contributed by atoms with Gasteiger partial charge in [0.15, 0.2) is 22.8 Å². The number of allylic oxidation sites excluding steroid dienone is 2. The van der Waals surface area contributed by atoms with Gasteiger partial charge in [-0.3, -0.25) is 9.59 Å². The van der Waals surface area contributed by atoms with E-state index in [0.29, 0.717) is 23.3 Å². The molecule has 224 valence electrons. The summed E-state index contributed by atoms with van der Waals surface area (Å²) in [5, 5.41) is 32.7. The van der Waals surface area contributed by atoms with Crippen molar-refractivity contribution in [1.29, 1.82) is 0 Å². The van der Waals surface area contributed by atoms with Crippen LogP contribution in [0.3, 0.4) is 0 Å². The van der Waals surface area contributed by atoms with Gasteiger partial charge in [-0.2, -0.15) is 0 Å². The Balaban J connectivity index is 1.66. The topological polar surface area (TPSA) is 140 Å². The zero-order valence-electron chi connectivity index (χ0n) is 25.0. The standard InChI is InChI=1S/C33H38O9/c1-15(2)8-9-18-26-17(11-12-30(4,5)40-26)23(34)21-25(36)22-24(35)19-14-20-31(6,7)42-32(28(19)37,13-10-16(3)29(38)39)33(20,22)41-27(18)21/h8,10-12,19-20,22,24,34-35H,9,13-14H2,1-7H3,(H,38,39)/b16-10-/t19-,20?,22?,24?,32-,33-/m0/s1. The lowest BCUT2D eigenvalue weighted by molar-refractivity contribution is -0.220. The largest absolute Gasteiger partial charge is 0.506 e. The van der Waals surface area contributed by atoms with Crippen LogP contribution in [-0.4, -0.2) is 61.4 Å². The lowest BCUT2D eigenvalue weighted by atomic mass is 9.45. The summed E-state index contributed by atoms with van der Waals surface area (Å²) in [4.78, 5) is 40.6. The summed E-state index contributed by atoms with van der Waals surface area (Å²) in [5.74, 6) is -4.44. The molecule has 6 atom stereocenters. The number of aliphatic hydroxyl groups excluding tert-OH is 1. The first-order valence-electron chi connectivity index (χ1n) is 14.5. The molecule has 7 rings (SSSR count). The number of hydrogen-bond acceptors (Lipinski definition) is 8. The van der Waals surface area contributed by atoms with Crippen LogP contribution < -0.4 is 9.47 Å². The van der Waals surface area contributed by atoms with Crippen LogP contribution in [0.5, 0.6) is 17.2 Å². The van der Waals surface area contributed by atoms with Crippen molar-refractivity contribution in [2.45, 2.75) is 96.2 Å². The third kappa shape index (κ3) is 3.52. The average molecular weight is 579 g/mol. The fraction of sp³-hybridized carbons (Fsp3) is 0.545. The van der Waals surface area contributed by atoms with Gasteiger partial charge in [0.2, 0.25) is 0 Å². The number of ether oxygens (including phenoxy) is 3. The maximum absolute atomic E-state index is 14.6. The van der Waals surface area contributed by atoms with E-state index in [1.807, 2.05) is 47.6 Å². The van der Waals surface area contributed by atoms with Gasteiger partial charge < -0.3 is 29.5 Å². The molecule has 1 aromatic rings. The number of carbonyl (C=O) groups excluding carboxylic acids is 2. The van der Waals surface area contributed by atoms with Crippen LogP contribution in [0.15, 0.2) is 29.4 Å². The van der Waals surface area contributed by atoms with Crippen molar-refractivity contribution in [3.05, 3.63) is 46.1 Å². The van der Waals surface area contributed by atoms with Crippen molar-refractivity contribution in [3.8, 4) is 17.2 Å². The molecule has 3 unspecified atom stereocenters. The van der Waals surface area contributed by atoms with E-state index in [9.17, 15) is 29.7 Å². The van der Waals surface area contributed by atoms with E-state index < -0.39 is 63.8 Å². The fourth-order valence-electron chi connectivity index (χ4n) is 8.04. The minimum absolute atomic E-state index is 0.0258. The number of Topliss-reactive ketones (excluding diaryl/α,β-unsaturated/α-hetero) is 2. The van der Waals surface area contributed by atoms with E-state index in [4.69, 9.17) is 14.2 Å². The predicted molar refractivity (Wildman–Crippen MR) is 153 cm³/mol. The Hall–Kier alpha value is -3.43. The molecule has 4 bridgehead atoms. The van der Waals surface area contributed by atoms with Gasteiger partial charge in [0.25, 0.3) is 0 Å². The van der Waals surface area contributed by atoms with Gasteiger partial charge in [-0.05, 0) is 73.5 Å². The van der Waals surface area contributed by atoms with E-state index in [2.05, 4.69) is 0 Å². The van der Waals surface area contributed by atoms with E-state index in [1.165, 1.54) is 13.0 Å². The molecular weight excluding hydrogens is 540 g/mol. The van der Waals surface area contributed by atoms with E-state index in [1.54, 1.807) is 12.2 Å². The second-order valence-corrected chi connectivity index (χ2v) is 13.7. The van der Waals surface area contributed by atoms with E-state index >= 15 is 0 Å².